The summed E-state index contributed by atoms with van der Waals surface area (Å²) in [4.78, 5) is 11.2. The highest BCUT2D eigenvalue weighted by molar-refractivity contribution is 7.89. The third-order valence-corrected chi connectivity index (χ3v) is 4.36. The second-order valence-electron chi connectivity index (χ2n) is 4.40. The van der Waals surface area contributed by atoms with Crippen molar-refractivity contribution in [2.75, 3.05) is 13.2 Å². The summed E-state index contributed by atoms with van der Waals surface area (Å²) in [6.45, 7) is 3.82. The molecule has 0 saturated heterocycles. The van der Waals surface area contributed by atoms with Gasteiger partial charge in [-0.05, 0) is 38.0 Å². The van der Waals surface area contributed by atoms with Gasteiger partial charge in [-0.3, -0.25) is 4.79 Å². The SMILES string of the molecule is CCOC(=O)CCCNS(=O)(=O)c1cc(C#N)ccc1C. The van der Waals surface area contributed by atoms with Gasteiger partial charge in [-0.15, -0.1) is 0 Å². The lowest BCUT2D eigenvalue weighted by molar-refractivity contribution is -0.143. The van der Waals surface area contributed by atoms with Crippen molar-refractivity contribution in [3.05, 3.63) is 29.3 Å². The molecule has 0 aliphatic carbocycles. The van der Waals surface area contributed by atoms with Gasteiger partial charge in [0.05, 0.1) is 23.1 Å². The maximum absolute atomic E-state index is 12.2. The van der Waals surface area contributed by atoms with Crippen LogP contribution in [0, 0.1) is 18.3 Å². The molecule has 0 fully saturated rings. The number of nitriles is 1. The molecular formula is C14H18N2O4S. The first kappa shape index (κ1) is 17.1. The molecule has 21 heavy (non-hydrogen) atoms. The Morgan fingerprint density at radius 2 is 2.14 bits per heavy atom. The number of rotatable bonds is 7. The van der Waals surface area contributed by atoms with E-state index in [1.807, 2.05) is 6.07 Å². The van der Waals surface area contributed by atoms with Crippen molar-refractivity contribution in [3.8, 4) is 6.07 Å². The number of carbonyl (C=O) groups excluding carboxylic acids is 1. The average Bonchev–Trinajstić information content (AvgIpc) is 2.44. The predicted octanol–water partition coefficient (Wildman–Crippen LogP) is 1.49. The van der Waals surface area contributed by atoms with Gasteiger partial charge in [0, 0.05) is 13.0 Å². The second-order valence-corrected chi connectivity index (χ2v) is 6.13. The molecule has 1 aromatic carbocycles. The highest BCUT2D eigenvalue weighted by Gasteiger charge is 2.17. The van der Waals surface area contributed by atoms with Crippen LogP contribution in [0.1, 0.15) is 30.9 Å². The zero-order valence-electron chi connectivity index (χ0n) is 12.0. The molecule has 0 aliphatic rings. The van der Waals surface area contributed by atoms with Crippen LogP contribution < -0.4 is 4.72 Å². The number of esters is 1. The number of hydrogen-bond acceptors (Lipinski definition) is 5. The Kier molecular flexibility index (Phi) is 6.34. The molecule has 7 heteroatoms. The second kappa shape index (κ2) is 7.76. The fraction of sp³-hybridized carbons (Fsp3) is 0.429. The minimum Gasteiger partial charge on any atom is -0.466 e. The minimum atomic E-state index is -3.69. The van der Waals surface area contributed by atoms with E-state index in [0.29, 0.717) is 18.6 Å². The number of benzene rings is 1. The molecule has 6 nitrogen and oxygen atoms in total. The molecule has 1 aromatic rings. The smallest absolute Gasteiger partial charge is 0.305 e. The van der Waals surface area contributed by atoms with Crippen LogP contribution in [-0.2, 0) is 19.6 Å². The Labute approximate surface area is 124 Å². The van der Waals surface area contributed by atoms with Crippen LogP contribution in [0.25, 0.3) is 0 Å². The van der Waals surface area contributed by atoms with E-state index in [4.69, 9.17) is 10.00 Å². The van der Waals surface area contributed by atoms with E-state index in [1.54, 1.807) is 26.0 Å². The van der Waals surface area contributed by atoms with Crippen molar-refractivity contribution in [2.45, 2.75) is 31.6 Å². The molecule has 1 N–H and O–H groups in total. The Morgan fingerprint density at radius 1 is 1.43 bits per heavy atom. The van der Waals surface area contributed by atoms with Crippen molar-refractivity contribution in [1.82, 2.24) is 4.72 Å². The zero-order chi connectivity index (χ0) is 15.9. The largest absolute Gasteiger partial charge is 0.466 e. The lowest BCUT2D eigenvalue weighted by atomic mass is 10.2. The van der Waals surface area contributed by atoms with Crippen LogP contribution in [0.2, 0.25) is 0 Å². The Bertz CT molecular complexity index is 647. The van der Waals surface area contributed by atoms with Gasteiger partial charge in [-0.2, -0.15) is 5.26 Å². The summed E-state index contributed by atoms with van der Waals surface area (Å²) in [6.07, 6.45) is 0.516. The topological polar surface area (TPSA) is 96.3 Å². The molecule has 0 spiro atoms. The molecule has 0 bridgehead atoms. The minimum absolute atomic E-state index is 0.0812. The van der Waals surface area contributed by atoms with Gasteiger partial charge < -0.3 is 4.74 Å². The summed E-state index contributed by atoms with van der Waals surface area (Å²) in [5, 5.41) is 8.83. The van der Waals surface area contributed by atoms with E-state index >= 15 is 0 Å². The molecule has 1 rings (SSSR count). The summed E-state index contributed by atoms with van der Waals surface area (Å²) in [5.41, 5.74) is 0.847. The predicted molar refractivity (Wildman–Crippen MR) is 76.9 cm³/mol. The van der Waals surface area contributed by atoms with Crippen molar-refractivity contribution in [1.29, 1.82) is 5.26 Å². The van der Waals surface area contributed by atoms with Gasteiger partial charge >= 0.3 is 5.97 Å². The third-order valence-electron chi connectivity index (χ3n) is 2.76. The molecule has 0 radical (unpaired) electrons. The van der Waals surface area contributed by atoms with Gasteiger partial charge in [0.2, 0.25) is 10.0 Å². The number of ether oxygens (including phenoxy) is 1. The first-order chi connectivity index (χ1) is 9.90. The normalized spacial score (nSPS) is 10.9. The van der Waals surface area contributed by atoms with Gasteiger partial charge in [0.1, 0.15) is 0 Å². The monoisotopic (exact) mass is 310 g/mol. The van der Waals surface area contributed by atoms with Crippen molar-refractivity contribution >= 4 is 16.0 Å². The molecule has 0 unspecified atom stereocenters. The van der Waals surface area contributed by atoms with Crippen molar-refractivity contribution in [3.63, 3.8) is 0 Å². The van der Waals surface area contributed by atoms with Crippen LogP contribution in [0.15, 0.2) is 23.1 Å². The van der Waals surface area contributed by atoms with E-state index < -0.39 is 10.0 Å². The van der Waals surface area contributed by atoms with Crippen LogP contribution >= 0.6 is 0 Å². The van der Waals surface area contributed by atoms with Gasteiger partial charge in [0.15, 0.2) is 0 Å². The Balaban J connectivity index is 2.66. The highest BCUT2D eigenvalue weighted by atomic mass is 32.2. The summed E-state index contributed by atoms with van der Waals surface area (Å²) in [6, 6.07) is 6.40. The van der Waals surface area contributed by atoms with Crippen molar-refractivity contribution in [2.24, 2.45) is 0 Å². The molecular weight excluding hydrogens is 292 g/mol. The third kappa shape index (κ3) is 5.17. The first-order valence-corrected chi connectivity index (χ1v) is 8.05. The number of carbonyl (C=O) groups is 1. The number of nitrogens with one attached hydrogen (secondary N) is 1. The van der Waals surface area contributed by atoms with E-state index in [0.717, 1.165) is 0 Å². The quantitative estimate of drug-likeness (QED) is 0.608. The Hall–Kier alpha value is -1.91. The number of sulfonamides is 1. The maximum atomic E-state index is 12.2. The standard InChI is InChI=1S/C14H18N2O4S/c1-3-20-14(17)5-4-8-16-21(18,19)13-9-12(10-15)7-6-11(13)2/h6-7,9,16H,3-5,8H2,1-2H3. The van der Waals surface area contributed by atoms with E-state index in [2.05, 4.69) is 4.72 Å². The summed E-state index contributed by atoms with van der Waals surface area (Å²) in [5.74, 6) is -0.348. The highest BCUT2D eigenvalue weighted by Crippen LogP contribution is 2.16. The average molecular weight is 310 g/mol. The van der Waals surface area contributed by atoms with Crippen LogP contribution in [0.3, 0.4) is 0 Å². The number of hydrogen-bond donors (Lipinski definition) is 1. The van der Waals surface area contributed by atoms with Crippen molar-refractivity contribution < 1.29 is 17.9 Å². The Morgan fingerprint density at radius 3 is 2.76 bits per heavy atom. The van der Waals surface area contributed by atoms with E-state index in [-0.39, 0.29) is 29.4 Å². The fourth-order valence-electron chi connectivity index (χ4n) is 1.71. The van der Waals surface area contributed by atoms with Crippen LogP contribution in [0.4, 0.5) is 0 Å². The maximum Gasteiger partial charge on any atom is 0.305 e. The summed E-state index contributed by atoms with van der Waals surface area (Å²) >= 11 is 0. The number of nitrogens with zero attached hydrogens (tertiary/aromatic N) is 1. The fourth-order valence-corrected chi connectivity index (χ4v) is 3.05. The van der Waals surface area contributed by atoms with Crippen LogP contribution in [0.5, 0.6) is 0 Å². The molecule has 0 aliphatic heterocycles. The molecule has 0 aromatic heterocycles. The van der Waals surface area contributed by atoms with Gasteiger partial charge in [-0.25, -0.2) is 13.1 Å². The summed E-state index contributed by atoms with van der Waals surface area (Å²) < 4.78 is 31.5. The lowest BCUT2D eigenvalue weighted by Gasteiger charge is -2.09. The zero-order valence-corrected chi connectivity index (χ0v) is 12.9. The van der Waals surface area contributed by atoms with Gasteiger partial charge in [-0.1, -0.05) is 6.07 Å². The first-order valence-electron chi connectivity index (χ1n) is 6.56. The summed E-state index contributed by atoms with van der Waals surface area (Å²) in [7, 11) is -3.69. The molecule has 0 atom stereocenters. The molecule has 0 amide bonds. The number of aryl methyl sites for hydroxylation is 1. The van der Waals surface area contributed by atoms with Gasteiger partial charge in [0.25, 0.3) is 0 Å². The van der Waals surface area contributed by atoms with E-state index in [9.17, 15) is 13.2 Å². The molecule has 0 saturated carbocycles. The lowest BCUT2D eigenvalue weighted by Crippen LogP contribution is -2.26. The molecule has 114 valence electrons. The van der Waals surface area contributed by atoms with Crippen LogP contribution in [-0.4, -0.2) is 27.5 Å². The van der Waals surface area contributed by atoms with E-state index in [1.165, 1.54) is 6.07 Å². The molecule has 0 heterocycles.